The number of nitrogens with one attached hydrogen (secondary N) is 1. The van der Waals surface area contributed by atoms with Crippen molar-refractivity contribution in [3.63, 3.8) is 0 Å². The van der Waals surface area contributed by atoms with Crippen LogP contribution in [0, 0.1) is 0 Å². The van der Waals surface area contributed by atoms with Crippen LogP contribution in [0.25, 0.3) is 0 Å². The molecule has 4 nitrogen and oxygen atoms in total. The van der Waals surface area contributed by atoms with E-state index in [2.05, 4.69) is 30.6 Å². The number of rotatable bonds is 12. The number of aliphatic carboxylic acids is 1. The largest absolute Gasteiger partial charge is 1.00 e. The number of hydrogen-bond donors (Lipinski definition) is 3. The van der Waals surface area contributed by atoms with Crippen LogP contribution in [0.15, 0.2) is 0 Å². The van der Waals surface area contributed by atoms with Crippen LogP contribution in [0.2, 0.25) is 0 Å². The van der Waals surface area contributed by atoms with Gasteiger partial charge < -0.3 is 15.2 Å². The number of carboxylic acid groups (broad SMARTS) is 1. The molecule has 2 atom stereocenters. The summed E-state index contributed by atoms with van der Waals surface area (Å²) in [6.07, 6.45) is 5.45. The van der Waals surface area contributed by atoms with E-state index in [0.717, 1.165) is 37.9 Å². The Kier molecular flexibility index (Phi) is 17.7. The fraction of sp³-hybridized carbons (Fsp3) is 0.857. The van der Waals surface area contributed by atoms with Crippen LogP contribution < -0.4 is 40.0 Å². The van der Waals surface area contributed by atoms with Gasteiger partial charge in [0.15, 0.2) is 0 Å². The van der Waals surface area contributed by atoms with Gasteiger partial charge in [0.1, 0.15) is 0 Å². The Morgan fingerprint density at radius 3 is 2.33 bits per heavy atom. The molecule has 0 rings (SSSR count). The van der Waals surface area contributed by atoms with Crippen molar-refractivity contribution in [1.29, 1.82) is 0 Å². The second-order valence-electron chi connectivity index (χ2n) is 5.00. The molecular weight excluding hydrogens is 317 g/mol. The molecule has 0 aromatic carbocycles. The molecule has 0 saturated heterocycles. The number of hydrogen-bond acceptors (Lipinski definition) is 5. The average molecular weight is 343 g/mol. The molecule has 0 bridgehead atoms. The SMILES string of the molecule is CCC(CCC(=O)[O-])NC(=O)CCCCC(S)CCS.[Na+]. The molecule has 0 heterocycles. The van der Waals surface area contributed by atoms with Crippen molar-refractivity contribution in [3.8, 4) is 0 Å². The van der Waals surface area contributed by atoms with Gasteiger partial charge in [-0.15, -0.1) is 0 Å². The molecule has 7 heteroatoms. The Morgan fingerprint density at radius 1 is 1.14 bits per heavy atom. The second kappa shape index (κ2) is 15.5. The van der Waals surface area contributed by atoms with Crippen LogP contribution in [0.1, 0.15) is 58.3 Å². The second-order valence-corrected chi connectivity index (χ2v) is 6.17. The fourth-order valence-electron chi connectivity index (χ4n) is 1.93. The molecule has 1 amide bonds. The van der Waals surface area contributed by atoms with Crippen LogP contribution in [0.3, 0.4) is 0 Å². The Morgan fingerprint density at radius 2 is 1.81 bits per heavy atom. The van der Waals surface area contributed by atoms with Gasteiger partial charge in [-0.2, -0.15) is 25.3 Å². The van der Waals surface area contributed by atoms with Gasteiger partial charge in [0, 0.05) is 23.7 Å². The molecule has 0 aromatic rings. The number of amides is 1. The maximum Gasteiger partial charge on any atom is 1.00 e. The number of carbonyl (C=O) groups is 2. The van der Waals surface area contributed by atoms with Gasteiger partial charge >= 0.3 is 29.6 Å². The molecular formula is C14H26NNaO3S2. The molecule has 1 N–H and O–H groups in total. The van der Waals surface area contributed by atoms with Crippen LogP contribution in [0.4, 0.5) is 0 Å². The molecule has 0 aliphatic rings. The number of thiol groups is 2. The first-order chi connectivity index (χ1) is 9.49. The van der Waals surface area contributed by atoms with E-state index in [-0.39, 0.29) is 47.9 Å². The third-order valence-corrected chi connectivity index (χ3v) is 3.98. The van der Waals surface area contributed by atoms with E-state index in [9.17, 15) is 14.7 Å². The number of carboxylic acids is 1. The van der Waals surface area contributed by atoms with E-state index in [0.29, 0.717) is 18.1 Å². The molecule has 21 heavy (non-hydrogen) atoms. The third-order valence-electron chi connectivity index (χ3n) is 3.21. The molecule has 0 radical (unpaired) electrons. The van der Waals surface area contributed by atoms with Gasteiger partial charge in [-0.05, 0) is 44.3 Å². The molecule has 2 unspecified atom stereocenters. The average Bonchev–Trinajstić information content (AvgIpc) is 2.39. The monoisotopic (exact) mass is 343 g/mol. The smallest absolute Gasteiger partial charge is 0.550 e. The topological polar surface area (TPSA) is 69.2 Å². The quantitative estimate of drug-likeness (QED) is 0.232. The van der Waals surface area contributed by atoms with Crippen LogP contribution in [0.5, 0.6) is 0 Å². The first-order valence-electron chi connectivity index (χ1n) is 7.27. The Labute approximate surface area is 161 Å². The van der Waals surface area contributed by atoms with Crippen molar-refractivity contribution >= 4 is 37.1 Å². The number of unbranched alkanes of at least 4 members (excludes halogenated alkanes) is 1. The molecule has 0 fully saturated rings. The van der Waals surface area contributed by atoms with Gasteiger partial charge in [-0.3, -0.25) is 4.79 Å². The summed E-state index contributed by atoms with van der Waals surface area (Å²) in [5.41, 5.74) is 0. The molecule has 0 aliphatic heterocycles. The van der Waals surface area contributed by atoms with Crippen molar-refractivity contribution < 1.29 is 44.3 Å². The summed E-state index contributed by atoms with van der Waals surface area (Å²) in [6.45, 7) is 1.93. The van der Waals surface area contributed by atoms with E-state index in [4.69, 9.17) is 0 Å². The summed E-state index contributed by atoms with van der Waals surface area (Å²) in [7, 11) is 0. The minimum absolute atomic E-state index is 0. The minimum atomic E-state index is -1.07. The summed E-state index contributed by atoms with van der Waals surface area (Å²) in [4.78, 5) is 22.1. The van der Waals surface area contributed by atoms with Crippen molar-refractivity contribution in [2.45, 2.75) is 69.6 Å². The van der Waals surface area contributed by atoms with Crippen LogP contribution in [-0.4, -0.2) is 28.9 Å². The van der Waals surface area contributed by atoms with E-state index < -0.39 is 5.97 Å². The van der Waals surface area contributed by atoms with Crippen LogP contribution >= 0.6 is 25.3 Å². The minimum Gasteiger partial charge on any atom is -0.550 e. The Balaban J connectivity index is 0. The van der Waals surface area contributed by atoms with Gasteiger partial charge in [0.05, 0.1) is 0 Å². The van der Waals surface area contributed by atoms with Crippen molar-refractivity contribution in [1.82, 2.24) is 5.32 Å². The van der Waals surface area contributed by atoms with E-state index in [1.165, 1.54) is 0 Å². The first kappa shape index (κ1) is 23.9. The normalized spacial score (nSPS) is 13.1. The zero-order valence-corrected chi connectivity index (χ0v) is 16.9. The van der Waals surface area contributed by atoms with E-state index in [1.54, 1.807) is 0 Å². The van der Waals surface area contributed by atoms with Crippen molar-refractivity contribution in [3.05, 3.63) is 0 Å². The zero-order valence-electron chi connectivity index (χ0n) is 13.1. The Hall–Kier alpha value is 0.640. The third kappa shape index (κ3) is 15.3. The molecule has 0 saturated carbocycles. The summed E-state index contributed by atoms with van der Waals surface area (Å²) in [5.74, 6) is -0.229. The maximum atomic E-state index is 11.7. The molecule has 0 aliphatic carbocycles. The molecule has 118 valence electrons. The van der Waals surface area contributed by atoms with Crippen LogP contribution in [-0.2, 0) is 9.59 Å². The first-order valence-corrected chi connectivity index (χ1v) is 8.42. The molecule has 0 spiro atoms. The summed E-state index contributed by atoms with van der Waals surface area (Å²) < 4.78 is 0. The summed E-state index contributed by atoms with van der Waals surface area (Å²) >= 11 is 8.60. The summed E-state index contributed by atoms with van der Waals surface area (Å²) in [5, 5.41) is 13.6. The van der Waals surface area contributed by atoms with Crippen molar-refractivity contribution in [2.75, 3.05) is 5.75 Å². The predicted octanol–water partition coefficient (Wildman–Crippen LogP) is -1.41. The Bertz CT molecular complexity index is 293. The summed E-state index contributed by atoms with van der Waals surface area (Å²) in [6, 6.07) is -0.0674. The number of carbonyl (C=O) groups excluding carboxylic acids is 2. The molecule has 0 aromatic heterocycles. The van der Waals surface area contributed by atoms with E-state index >= 15 is 0 Å². The zero-order chi connectivity index (χ0) is 15.4. The van der Waals surface area contributed by atoms with E-state index in [1.807, 2.05) is 6.92 Å². The van der Waals surface area contributed by atoms with Gasteiger partial charge in [0.25, 0.3) is 0 Å². The predicted molar refractivity (Wildman–Crippen MR) is 86.2 cm³/mol. The fourth-order valence-corrected chi connectivity index (χ4v) is 2.76. The van der Waals surface area contributed by atoms with Crippen molar-refractivity contribution in [2.24, 2.45) is 0 Å². The van der Waals surface area contributed by atoms with Gasteiger partial charge in [0.2, 0.25) is 5.91 Å². The van der Waals surface area contributed by atoms with Gasteiger partial charge in [-0.1, -0.05) is 13.3 Å². The van der Waals surface area contributed by atoms with Gasteiger partial charge in [-0.25, -0.2) is 0 Å². The standard InChI is InChI=1S/C14H27NO3S2.Na/c1-2-11(7-8-14(17)18)15-13(16)6-4-3-5-12(20)9-10-19;/h11-12,19-20H,2-10H2,1H3,(H,15,16)(H,17,18);/q;+1/p-1. The maximum absolute atomic E-state index is 11.7.